The third-order valence-electron chi connectivity index (χ3n) is 6.23. The van der Waals surface area contributed by atoms with E-state index in [1.54, 1.807) is 30.5 Å². The molecule has 5 aromatic rings. The van der Waals surface area contributed by atoms with E-state index in [9.17, 15) is 8.42 Å². The predicted octanol–water partition coefficient (Wildman–Crippen LogP) is 5.05. The van der Waals surface area contributed by atoms with Gasteiger partial charge in [-0.05, 0) is 43.2 Å². The minimum Gasteiger partial charge on any atom is -0.495 e. The summed E-state index contributed by atoms with van der Waals surface area (Å²) in [5, 5.41) is 14.7. The maximum Gasteiger partial charge on any atom is 0.270 e. The highest BCUT2D eigenvalue weighted by molar-refractivity contribution is 7.93. The first-order valence-corrected chi connectivity index (χ1v) is 13.7. The average Bonchev–Trinajstić information content (AvgIpc) is 3.58. The van der Waals surface area contributed by atoms with E-state index in [0.29, 0.717) is 39.5 Å². The van der Waals surface area contributed by atoms with Gasteiger partial charge in [-0.1, -0.05) is 18.1 Å². The van der Waals surface area contributed by atoms with Crippen LogP contribution in [-0.2, 0) is 16.4 Å². The number of aromatic nitrogens is 4. The van der Waals surface area contributed by atoms with Crippen LogP contribution < -0.4 is 24.2 Å². The summed E-state index contributed by atoms with van der Waals surface area (Å²) in [6.07, 6.45) is 2.53. The predicted molar refractivity (Wildman–Crippen MR) is 150 cm³/mol. The summed E-state index contributed by atoms with van der Waals surface area (Å²) >= 11 is 0. The molecule has 2 aromatic carbocycles. The lowest BCUT2D eigenvalue weighted by atomic mass is 10.1. The third-order valence-corrected chi connectivity index (χ3v) is 7.64. The first-order valence-electron chi connectivity index (χ1n) is 12.3. The van der Waals surface area contributed by atoms with Crippen molar-refractivity contribution in [2.75, 3.05) is 31.4 Å². The molecule has 0 saturated carbocycles. The Bertz CT molecular complexity index is 1750. The lowest BCUT2D eigenvalue weighted by molar-refractivity contribution is 0.374. The molecular formula is C27H28N6O6S. The fourth-order valence-electron chi connectivity index (χ4n) is 4.16. The Hall–Kier alpha value is -4.78. The zero-order chi connectivity index (χ0) is 28.4. The molecule has 0 aliphatic heterocycles. The van der Waals surface area contributed by atoms with Gasteiger partial charge in [0, 0.05) is 29.6 Å². The molecule has 5 rings (SSSR count). The second kappa shape index (κ2) is 10.8. The van der Waals surface area contributed by atoms with Gasteiger partial charge in [-0.2, -0.15) is 5.10 Å². The normalized spacial score (nSPS) is 11.4. The van der Waals surface area contributed by atoms with Crippen LogP contribution in [0, 0.1) is 6.92 Å². The number of hydrogen-bond donors (Lipinski definition) is 3. The van der Waals surface area contributed by atoms with Crippen molar-refractivity contribution < 1.29 is 27.2 Å². The molecule has 0 atom stereocenters. The number of sulfonamides is 1. The molecule has 3 aromatic heterocycles. The summed E-state index contributed by atoms with van der Waals surface area (Å²) in [6.45, 7) is 3.95. The van der Waals surface area contributed by atoms with E-state index in [-0.39, 0.29) is 22.2 Å². The number of methoxy groups -OCH3 is 3. The summed E-state index contributed by atoms with van der Waals surface area (Å²) in [5.41, 5.74) is 4.13. The number of aromatic amines is 1. The summed E-state index contributed by atoms with van der Waals surface area (Å²) in [6, 6.07) is 12.1. The topological polar surface area (TPSA) is 153 Å². The van der Waals surface area contributed by atoms with E-state index >= 15 is 0 Å². The van der Waals surface area contributed by atoms with E-state index in [1.807, 2.05) is 32.0 Å². The Morgan fingerprint density at radius 1 is 0.975 bits per heavy atom. The summed E-state index contributed by atoms with van der Waals surface area (Å²) in [5.74, 6) is 1.15. The van der Waals surface area contributed by atoms with Gasteiger partial charge in [0.05, 0.1) is 38.1 Å². The second-order valence-corrected chi connectivity index (χ2v) is 10.5. The maximum atomic E-state index is 13.7. The molecule has 0 saturated heterocycles. The minimum atomic E-state index is -4.26. The highest BCUT2D eigenvalue weighted by Crippen LogP contribution is 2.40. The smallest absolute Gasteiger partial charge is 0.270 e. The Balaban J connectivity index is 1.51. The van der Waals surface area contributed by atoms with E-state index in [1.165, 1.54) is 21.3 Å². The SMILES string of the molecule is CCc1cc(Nc2cc3onc(NS(=O)(=O)c4c(OC)cc(-c5ccc(C)cn5)cc4OC)c3cc2OC)n[nH]1. The molecule has 40 heavy (non-hydrogen) atoms. The number of anilines is 3. The van der Waals surface area contributed by atoms with Crippen LogP contribution in [0.1, 0.15) is 18.2 Å². The zero-order valence-electron chi connectivity index (χ0n) is 22.5. The van der Waals surface area contributed by atoms with Gasteiger partial charge in [-0.3, -0.25) is 14.8 Å². The van der Waals surface area contributed by atoms with Crippen molar-refractivity contribution >= 4 is 38.3 Å². The van der Waals surface area contributed by atoms with Gasteiger partial charge in [0.15, 0.2) is 22.1 Å². The highest BCUT2D eigenvalue weighted by Gasteiger charge is 2.29. The van der Waals surface area contributed by atoms with Crippen molar-refractivity contribution in [3.05, 3.63) is 59.9 Å². The van der Waals surface area contributed by atoms with E-state index < -0.39 is 10.0 Å². The van der Waals surface area contributed by atoms with Gasteiger partial charge >= 0.3 is 0 Å². The van der Waals surface area contributed by atoms with E-state index in [2.05, 4.69) is 30.4 Å². The largest absolute Gasteiger partial charge is 0.495 e. The molecule has 0 unspecified atom stereocenters. The number of hydrogen-bond acceptors (Lipinski definition) is 10. The zero-order valence-corrected chi connectivity index (χ0v) is 23.3. The van der Waals surface area contributed by atoms with Crippen molar-refractivity contribution in [2.24, 2.45) is 0 Å². The lowest BCUT2D eigenvalue weighted by Gasteiger charge is -2.16. The van der Waals surface area contributed by atoms with Gasteiger partial charge in [-0.15, -0.1) is 0 Å². The molecule has 13 heteroatoms. The number of rotatable bonds is 10. The van der Waals surface area contributed by atoms with Gasteiger partial charge in [-0.25, -0.2) is 8.42 Å². The standard InChI is InChI=1S/C27H28N6O6S/c1-6-17-11-25(31-30-17)29-20-13-21-18(12-22(20)36-3)27(32-39-21)33-40(34,35)26-23(37-4)9-16(10-24(26)38-5)19-8-7-15(2)14-28-19/h7-14H,6H2,1-5H3,(H,32,33)(H2,29,30,31). The number of nitrogens with zero attached hydrogens (tertiary/aromatic N) is 3. The fraction of sp³-hybridized carbons (Fsp3) is 0.222. The molecule has 3 N–H and O–H groups in total. The first kappa shape index (κ1) is 26.8. The number of pyridine rings is 1. The molecule has 0 fully saturated rings. The molecule has 12 nitrogen and oxygen atoms in total. The van der Waals surface area contributed by atoms with Crippen molar-refractivity contribution in [1.29, 1.82) is 0 Å². The van der Waals surface area contributed by atoms with Crippen LogP contribution in [0.15, 0.2) is 58.1 Å². The van der Waals surface area contributed by atoms with Crippen LogP contribution in [-0.4, -0.2) is 50.1 Å². The molecule has 0 aliphatic carbocycles. The third kappa shape index (κ3) is 5.10. The summed E-state index contributed by atoms with van der Waals surface area (Å²) in [4.78, 5) is 4.23. The Labute approximate surface area is 230 Å². The summed E-state index contributed by atoms with van der Waals surface area (Å²) in [7, 11) is 0.0137. The number of aryl methyl sites for hydroxylation is 2. The van der Waals surface area contributed by atoms with Crippen molar-refractivity contribution in [1.82, 2.24) is 20.3 Å². The minimum absolute atomic E-state index is 0.0266. The van der Waals surface area contributed by atoms with E-state index in [0.717, 1.165) is 17.7 Å². The van der Waals surface area contributed by atoms with Gasteiger partial charge in [0.2, 0.25) is 0 Å². The molecule has 0 bridgehead atoms. The van der Waals surface area contributed by atoms with Gasteiger partial charge < -0.3 is 24.1 Å². The van der Waals surface area contributed by atoms with Crippen molar-refractivity contribution in [2.45, 2.75) is 25.2 Å². The lowest BCUT2D eigenvalue weighted by Crippen LogP contribution is -2.16. The molecule has 0 radical (unpaired) electrons. The van der Waals surface area contributed by atoms with E-state index in [4.69, 9.17) is 18.7 Å². The first-order chi connectivity index (χ1) is 19.3. The number of benzene rings is 2. The number of ether oxygens (including phenoxy) is 3. The number of fused-ring (bicyclic) bond motifs is 1. The molecular weight excluding hydrogens is 536 g/mol. The quantitative estimate of drug-likeness (QED) is 0.210. The Morgan fingerprint density at radius 2 is 1.70 bits per heavy atom. The maximum absolute atomic E-state index is 13.7. The van der Waals surface area contributed by atoms with Crippen molar-refractivity contribution in [3.63, 3.8) is 0 Å². The molecule has 0 spiro atoms. The van der Waals surface area contributed by atoms with Gasteiger partial charge in [0.25, 0.3) is 10.0 Å². The van der Waals surface area contributed by atoms with Crippen LogP contribution in [0.25, 0.3) is 22.2 Å². The fourth-order valence-corrected chi connectivity index (χ4v) is 5.48. The molecule has 0 aliphatic rings. The Morgan fingerprint density at radius 3 is 2.30 bits per heavy atom. The molecule has 208 valence electrons. The van der Waals surface area contributed by atoms with Crippen LogP contribution >= 0.6 is 0 Å². The summed E-state index contributed by atoms with van der Waals surface area (Å²) < 4.78 is 51.8. The van der Waals surface area contributed by atoms with Crippen LogP contribution in [0.5, 0.6) is 17.2 Å². The van der Waals surface area contributed by atoms with Gasteiger partial charge in [0.1, 0.15) is 17.2 Å². The number of nitrogens with one attached hydrogen (secondary N) is 3. The van der Waals surface area contributed by atoms with Crippen molar-refractivity contribution in [3.8, 4) is 28.5 Å². The average molecular weight is 565 g/mol. The molecule has 0 amide bonds. The van der Waals surface area contributed by atoms with Crippen LogP contribution in [0.2, 0.25) is 0 Å². The molecule has 3 heterocycles. The Kier molecular flexibility index (Phi) is 7.22. The van der Waals surface area contributed by atoms with Crippen LogP contribution in [0.3, 0.4) is 0 Å². The highest BCUT2D eigenvalue weighted by atomic mass is 32.2. The van der Waals surface area contributed by atoms with Crippen LogP contribution in [0.4, 0.5) is 17.3 Å². The monoisotopic (exact) mass is 564 g/mol. The number of H-pyrrole nitrogens is 1. The second-order valence-electron chi connectivity index (χ2n) is 8.87.